The molecule has 0 radical (unpaired) electrons. The normalized spacial score (nSPS) is 26.3. The van der Waals surface area contributed by atoms with Crippen molar-refractivity contribution in [1.29, 1.82) is 0 Å². The molecule has 0 amide bonds. The van der Waals surface area contributed by atoms with Crippen LogP contribution in [-0.2, 0) is 0 Å². The van der Waals surface area contributed by atoms with E-state index >= 15 is 0 Å². The number of aliphatic hydroxyl groups excluding tert-OH is 1. The van der Waals surface area contributed by atoms with Gasteiger partial charge in [-0.3, -0.25) is 0 Å². The van der Waals surface area contributed by atoms with E-state index in [4.69, 9.17) is 5.11 Å². The molecule has 0 aliphatic carbocycles. The zero-order valence-electron chi connectivity index (χ0n) is 11.6. The molecule has 2 unspecified atom stereocenters. The molecule has 0 spiro atoms. The van der Waals surface area contributed by atoms with Crippen LogP contribution in [0.4, 0.5) is 0 Å². The second-order valence-electron chi connectivity index (χ2n) is 5.21. The van der Waals surface area contributed by atoms with Gasteiger partial charge >= 0.3 is 0 Å². The Morgan fingerprint density at radius 3 is 2.71 bits per heavy atom. The number of nitrogens with zero attached hydrogens (tertiary/aromatic N) is 1. The van der Waals surface area contributed by atoms with Crippen molar-refractivity contribution >= 4 is 0 Å². The summed E-state index contributed by atoms with van der Waals surface area (Å²) in [6.07, 6.45) is 5.95. The van der Waals surface area contributed by atoms with Gasteiger partial charge in [-0.25, -0.2) is 0 Å². The summed E-state index contributed by atoms with van der Waals surface area (Å²) in [5, 5.41) is 12.4. The molecule has 0 aromatic rings. The van der Waals surface area contributed by atoms with Crippen LogP contribution in [-0.4, -0.2) is 48.8 Å². The Labute approximate surface area is 107 Å². The standard InChI is InChI=1S/C14H30N2O/c1-3-13-12-16(9-6-5-7-11-17)10-8-14(13)15-4-2/h13-15,17H,3-12H2,1-2H3. The summed E-state index contributed by atoms with van der Waals surface area (Å²) in [5.41, 5.74) is 0. The molecule has 3 heteroatoms. The molecule has 102 valence electrons. The first-order valence-corrected chi connectivity index (χ1v) is 7.38. The molecule has 0 aromatic heterocycles. The molecule has 1 aliphatic rings. The van der Waals surface area contributed by atoms with E-state index in [1.807, 2.05) is 0 Å². The van der Waals surface area contributed by atoms with E-state index in [0.717, 1.165) is 24.9 Å². The largest absolute Gasteiger partial charge is 0.396 e. The summed E-state index contributed by atoms with van der Waals surface area (Å²) in [7, 11) is 0. The summed E-state index contributed by atoms with van der Waals surface area (Å²) in [4.78, 5) is 2.61. The third-order valence-corrected chi connectivity index (χ3v) is 3.94. The van der Waals surface area contributed by atoms with Gasteiger partial charge in [0.2, 0.25) is 0 Å². The quantitative estimate of drug-likeness (QED) is 0.638. The number of rotatable bonds is 8. The van der Waals surface area contributed by atoms with Gasteiger partial charge in [-0.15, -0.1) is 0 Å². The van der Waals surface area contributed by atoms with Crippen molar-refractivity contribution in [3.05, 3.63) is 0 Å². The van der Waals surface area contributed by atoms with Crippen molar-refractivity contribution in [3.8, 4) is 0 Å². The highest BCUT2D eigenvalue weighted by Gasteiger charge is 2.26. The van der Waals surface area contributed by atoms with Crippen LogP contribution in [0, 0.1) is 5.92 Å². The van der Waals surface area contributed by atoms with Crippen molar-refractivity contribution in [1.82, 2.24) is 10.2 Å². The van der Waals surface area contributed by atoms with Gasteiger partial charge in [0.1, 0.15) is 0 Å². The molecule has 1 rings (SSSR count). The molecule has 1 saturated heterocycles. The topological polar surface area (TPSA) is 35.5 Å². The average molecular weight is 242 g/mol. The fourth-order valence-electron chi connectivity index (χ4n) is 2.88. The van der Waals surface area contributed by atoms with Gasteiger partial charge in [0, 0.05) is 19.2 Å². The number of nitrogens with one attached hydrogen (secondary N) is 1. The van der Waals surface area contributed by atoms with Gasteiger partial charge in [-0.05, 0) is 51.2 Å². The van der Waals surface area contributed by atoms with Gasteiger partial charge in [-0.2, -0.15) is 0 Å². The number of unbranched alkanes of at least 4 members (excludes halogenated alkanes) is 2. The number of likely N-dealkylation sites (tertiary alicyclic amines) is 1. The molecule has 0 aromatic carbocycles. The van der Waals surface area contributed by atoms with Crippen molar-refractivity contribution in [2.45, 2.75) is 52.0 Å². The summed E-state index contributed by atoms with van der Waals surface area (Å²) >= 11 is 0. The van der Waals surface area contributed by atoms with Crippen LogP contribution in [0.5, 0.6) is 0 Å². The van der Waals surface area contributed by atoms with Gasteiger partial charge in [-0.1, -0.05) is 20.3 Å². The third kappa shape index (κ3) is 5.36. The molecule has 1 heterocycles. The van der Waals surface area contributed by atoms with E-state index in [0.29, 0.717) is 6.61 Å². The Morgan fingerprint density at radius 1 is 1.24 bits per heavy atom. The SMILES string of the molecule is CCNC1CCN(CCCCCO)CC1CC. The van der Waals surface area contributed by atoms with Crippen molar-refractivity contribution < 1.29 is 5.11 Å². The van der Waals surface area contributed by atoms with Crippen LogP contribution >= 0.6 is 0 Å². The zero-order valence-corrected chi connectivity index (χ0v) is 11.6. The van der Waals surface area contributed by atoms with E-state index in [2.05, 4.69) is 24.1 Å². The zero-order chi connectivity index (χ0) is 12.5. The molecule has 2 N–H and O–H groups in total. The van der Waals surface area contributed by atoms with E-state index in [-0.39, 0.29) is 0 Å². The number of aliphatic hydroxyl groups is 1. The number of hydrogen-bond donors (Lipinski definition) is 2. The lowest BCUT2D eigenvalue weighted by Gasteiger charge is -2.38. The summed E-state index contributed by atoms with van der Waals surface area (Å²) in [5.74, 6) is 0.821. The molecule has 2 atom stereocenters. The van der Waals surface area contributed by atoms with Gasteiger partial charge in [0.25, 0.3) is 0 Å². The lowest BCUT2D eigenvalue weighted by molar-refractivity contribution is 0.133. The first-order chi connectivity index (χ1) is 8.31. The van der Waals surface area contributed by atoms with E-state index in [1.54, 1.807) is 0 Å². The number of hydrogen-bond acceptors (Lipinski definition) is 3. The van der Waals surface area contributed by atoms with Crippen LogP contribution in [0.3, 0.4) is 0 Å². The third-order valence-electron chi connectivity index (χ3n) is 3.94. The predicted octanol–water partition coefficient (Wildman–Crippen LogP) is 1.86. The minimum Gasteiger partial charge on any atom is -0.396 e. The van der Waals surface area contributed by atoms with Crippen LogP contribution in [0.2, 0.25) is 0 Å². The minimum atomic E-state index is 0.347. The highest BCUT2D eigenvalue weighted by Crippen LogP contribution is 2.20. The van der Waals surface area contributed by atoms with Crippen molar-refractivity contribution in [3.63, 3.8) is 0 Å². The minimum absolute atomic E-state index is 0.347. The van der Waals surface area contributed by atoms with Gasteiger partial charge in [0.05, 0.1) is 0 Å². The van der Waals surface area contributed by atoms with Crippen LogP contribution in [0.1, 0.15) is 46.0 Å². The highest BCUT2D eigenvalue weighted by molar-refractivity contribution is 4.84. The molecular weight excluding hydrogens is 212 g/mol. The van der Waals surface area contributed by atoms with Crippen LogP contribution < -0.4 is 5.32 Å². The molecule has 0 saturated carbocycles. The molecule has 1 fully saturated rings. The summed E-state index contributed by atoms with van der Waals surface area (Å²) < 4.78 is 0. The predicted molar refractivity (Wildman–Crippen MR) is 73.2 cm³/mol. The monoisotopic (exact) mass is 242 g/mol. The lowest BCUT2D eigenvalue weighted by Crippen LogP contribution is -2.49. The van der Waals surface area contributed by atoms with Gasteiger partial charge < -0.3 is 15.3 Å². The van der Waals surface area contributed by atoms with Crippen molar-refractivity contribution in [2.24, 2.45) is 5.92 Å². The van der Waals surface area contributed by atoms with E-state index in [9.17, 15) is 0 Å². The first kappa shape index (κ1) is 14.9. The second kappa shape index (κ2) is 8.90. The summed E-state index contributed by atoms with van der Waals surface area (Å²) in [6, 6.07) is 0.735. The Kier molecular flexibility index (Phi) is 7.82. The molecule has 0 bridgehead atoms. The Bertz CT molecular complexity index is 185. The van der Waals surface area contributed by atoms with E-state index in [1.165, 1.54) is 45.3 Å². The molecule has 3 nitrogen and oxygen atoms in total. The van der Waals surface area contributed by atoms with Crippen molar-refractivity contribution in [2.75, 3.05) is 32.8 Å². The molecule has 1 aliphatic heterocycles. The average Bonchev–Trinajstić information content (AvgIpc) is 2.36. The molecule has 17 heavy (non-hydrogen) atoms. The lowest BCUT2D eigenvalue weighted by atomic mass is 9.89. The Balaban J connectivity index is 2.22. The Morgan fingerprint density at radius 2 is 2.06 bits per heavy atom. The second-order valence-corrected chi connectivity index (χ2v) is 5.21. The highest BCUT2D eigenvalue weighted by atomic mass is 16.2. The molecular formula is C14H30N2O. The summed E-state index contributed by atoms with van der Waals surface area (Å²) in [6.45, 7) is 9.67. The maximum atomic E-state index is 8.76. The van der Waals surface area contributed by atoms with Crippen LogP contribution in [0.15, 0.2) is 0 Å². The Hall–Kier alpha value is -0.120. The number of piperidine rings is 1. The van der Waals surface area contributed by atoms with Gasteiger partial charge in [0.15, 0.2) is 0 Å². The maximum absolute atomic E-state index is 8.76. The fraction of sp³-hybridized carbons (Fsp3) is 1.00. The maximum Gasteiger partial charge on any atom is 0.0431 e. The van der Waals surface area contributed by atoms with Crippen LogP contribution in [0.25, 0.3) is 0 Å². The fourth-order valence-corrected chi connectivity index (χ4v) is 2.88. The first-order valence-electron chi connectivity index (χ1n) is 7.38. The van der Waals surface area contributed by atoms with E-state index < -0.39 is 0 Å². The smallest absolute Gasteiger partial charge is 0.0431 e.